The van der Waals surface area contributed by atoms with E-state index in [2.05, 4.69) is 49.9 Å². The average molecular weight is 352 g/mol. The number of benzene rings is 1. The summed E-state index contributed by atoms with van der Waals surface area (Å²) in [5.41, 5.74) is 6.03. The predicted molar refractivity (Wildman–Crippen MR) is 108 cm³/mol. The number of aryl methyl sites for hydroxylation is 2. The van der Waals surface area contributed by atoms with Crippen LogP contribution in [0.4, 0.5) is 5.69 Å². The Kier molecular flexibility index (Phi) is 4.65. The summed E-state index contributed by atoms with van der Waals surface area (Å²) in [7, 11) is 4.05. The molecule has 0 saturated carbocycles. The summed E-state index contributed by atoms with van der Waals surface area (Å²) in [6, 6.07) is 8.35. The van der Waals surface area contributed by atoms with E-state index < -0.39 is 0 Å². The van der Waals surface area contributed by atoms with Gasteiger partial charge in [-0.05, 0) is 62.1 Å². The highest BCUT2D eigenvalue weighted by atomic mass is 16.1. The summed E-state index contributed by atoms with van der Waals surface area (Å²) in [6.07, 6.45) is 0. The third kappa shape index (κ3) is 2.81. The fraction of sp³-hybridized carbons (Fsp3) is 0.429. The van der Waals surface area contributed by atoms with Gasteiger partial charge in [0.1, 0.15) is 5.52 Å². The molecule has 2 aromatic heterocycles. The first-order valence-electron chi connectivity index (χ1n) is 9.17. The van der Waals surface area contributed by atoms with Gasteiger partial charge >= 0.3 is 0 Å². The van der Waals surface area contributed by atoms with Crippen molar-refractivity contribution in [3.8, 4) is 11.4 Å². The van der Waals surface area contributed by atoms with Crippen LogP contribution in [0.15, 0.2) is 29.1 Å². The molecule has 0 fully saturated rings. The zero-order chi connectivity index (χ0) is 19.2. The second kappa shape index (κ2) is 6.63. The monoisotopic (exact) mass is 352 g/mol. The average Bonchev–Trinajstić information content (AvgIpc) is 2.92. The number of aromatic nitrogens is 3. The molecule has 0 amide bonds. The molecule has 3 aromatic rings. The molecule has 0 spiro atoms. The smallest absolute Gasteiger partial charge is 0.278 e. The van der Waals surface area contributed by atoms with Crippen molar-refractivity contribution in [3.63, 3.8) is 0 Å². The summed E-state index contributed by atoms with van der Waals surface area (Å²) in [5, 5.41) is 4.88. The first-order valence-corrected chi connectivity index (χ1v) is 9.17. The molecule has 0 aliphatic carbocycles. The van der Waals surface area contributed by atoms with Crippen LogP contribution in [0, 0.1) is 13.8 Å². The van der Waals surface area contributed by atoms with Crippen LogP contribution in [-0.4, -0.2) is 28.3 Å². The third-order valence-corrected chi connectivity index (χ3v) is 4.99. The molecule has 0 saturated heterocycles. The van der Waals surface area contributed by atoms with E-state index in [1.165, 1.54) is 0 Å². The quantitative estimate of drug-likeness (QED) is 0.713. The van der Waals surface area contributed by atoms with E-state index in [0.717, 1.165) is 33.9 Å². The minimum Gasteiger partial charge on any atom is -0.378 e. The fourth-order valence-electron chi connectivity index (χ4n) is 3.48. The summed E-state index contributed by atoms with van der Waals surface area (Å²) in [4.78, 5) is 15.3. The Morgan fingerprint density at radius 3 is 2.38 bits per heavy atom. The molecule has 0 aliphatic heterocycles. The molecule has 0 aliphatic rings. The summed E-state index contributed by atoms with van der Waals surface area (Å²) in [6.45, 7) is 10.9. The van der Waals surface area contributed by atoms with Gasteiger partial charge in [0.15, 0.2) is 5.82 Å². The van der Waals surface area contributed by atoms with Gasteiger partial charge in [-0.25, -0.2) is 4.52 Å². The molecule has 0 atom stereocenters. The molecular weight excluding hydrogens is 324 g/mol. The third-order valence-electron chi connectivity index (χ3n) is 4.99. The zero-order valence-electron chi connectivity index (χ0n) is 16.8. The second-order valence-corrected chi connectivity index (χ2v) is 7.42. The maximum atomic E-state index is 13.3. The molecule has 0 unspecified atom stereocenters. The molecule has 138 valence electrons. The summed E-state index contributed by atoms with van der Waals surface area (Å²) in [5.74, 6) is 1.01. The largest absolute Gasteiger partial charge is 0.378 e. The highest BCUT2D eigenvalue weighted by molar-refractivity contribution is 5.67. The SMILES string of the molecule is CCn1c(-c2ccc(N(C)C)cc2C)nn2c(C)cc(C(C)C)c2c1=O. The first kappa shape index (κ1) is 18.2. The Morgan fingerprint density at radius 2 is 1.85 bits per heavy atom. The Hall–Kier alpha value is -2.56. The zero-order valence-corrected chi connectivity index (χ0v) is 16.8. The molecule has 2 heterocycles. The van der Waals surface area contributed by atoms with Gasteiger partial charge in [-0.1, -0.05) is 13.8 Å². The molecule has 26 heavy (non-hydrogen) atoms. The van der Waals surface area contributed by atoms with Gasteiger partial charge in [-0.15, -0.1) is 5.10 Å². The van der Waals surface area contributed by atoms with E-state index in [4.69, 9.17) is 5.10 Å². The van der Waals surface area contributed by atoms with E-state index in [-0.39, 0.29) is 11.5 Å². The molecule has 3 rings (SSSR count). The first-order chi connectivity index (χ1) is 12.3. The Labute approximate surface area is 154 Å². The van der Waals surface area contributed by atoms with Crippen molar-refractivity contribution >= 4 is 11.2 Å². The van der Waals surface area contributed by atoms with Gasteiger partial charge < -0.3 is 4.90 Å². The van der Waals surface area contributed by atoms with E-state index >= 15 is 0 Å². The van der Waals surface area contributed by atoms with E-state index in [1.54, 1.807) is 4.57 Å². The highest BCUT2D eigenvalue weighted by Crippen LogP contribution is 2.27. The van der Waals surface area contributed by atoms with E-state index in [9.17, 15) is 4.79 Å². The number of rotatable bonds is 4. The minimum atomic E-state index is 0.0328. The van der Waals surface area contributed by atoms with Crippen LogP contribution < -0.4 is 10.5 Å². The van der Waals surface area contributed by atoms with Gasteiger partial charge in [-0.2, -0.15) is 0 Å². The lowest BCUT2D eigenvalue weighted by atomic mass is 10.0. The van der Waals surface area contributed by atoms with E-state index in [1.807, 2.05) is 32.5 Å². The second-order valence-electron chi connectivity index (χ2n) is 7.42. The van der Waals surface area contributed by atoms with Crippen LogP contribution in [0.3, 0.4) is 0 Å². The lowest BCUT2D eigenvalue weighted by Gasteiger charge is -2.17. The van der Waals surface area contributed by atoms with Crippen LogP contribution in [0.25, 0.3) is 16.9 Å². The van der Waals surface area contributed by atoms with Crippen LogP contribution in [-0.2, 0) is 6.54 Å². The van der Waals surface area contributed by atoms with Crippen LogP contribution in [0.1, 0.15) is 43.5 Å². The fourth-order valence-corrected chi connectivity index (χ4v) is 3.48. The standard InChI is InChI=1S/C21H28N4O/c1-8-24-20(17-10-9-16(23(6)7)11-14(17)4)22-25-15(5)12-18(13(2)3)19(25)21(24)26/h9-13H,8H2,1-7H3. The van der Waals surface area contributed by atoms with Crippen molar-refractivity contribution in [2.45, 2.75) is 47.1 Å². The Morgan fingerprint density at radius 1 is 1.15 bits per heavy atom. The van der Waals surface area contributed by atoms with Gasteiger partial charge in [-0.3, -0.25) is 9.36 Å². The molecule has 0 bridgehead atoms. The van der Waals surface area contributed by atoms with Crippen LogP contribution in [0.5, 0.6) is 0 Å². The molecule has 5 nitrogen and oxygen atoms in total. The minimum absolute atomic E-state index is 0.0328. The van der Waals surface area contributed by atoms with Gasteiger partial charge in [0, 0.05) is 37.6 Å². The number of hydrogen-bond donors (Lipinski definition) is 0. The normalized spacial score (nSPS) is 11.5. The topological polar surface area (TPSA) is 42.5 Å². The predicted octanol–water partition coefficient (Wildman–Crippen LogP) is 3.99. The summed E-state index contributed by atoms with van der Waals surface area (Å²) >= 11 is 0. The maximum Gasteiger partial charge on any atom is 0.278 e. The van der Waals surface area contributed by atoms with Crippen molar-refractivity contribution in [1.29, 1.82) is 0 Å². The van der Waals surface area contributed by atoms with Gasteiger partial charge in [0.25, 0.3) is 5.56 Å². The van der Waals surface area contributed by atoms with E-state index in [0.29, 0.717) is 12.1 Å². The number of hydrogen-bond acceptors (Lipinski definition) is 3. The van der Waals surface area contributed by atoms with Crippen molar-refractivity contribution in [2.75, 3.05) is 19.0 Å². The molecule has 0 N–H and O–H groups in total. The van der Waals surface area contributed by atoms with Crippen molar-refractivity contribution in [1.82, 2.24) is 14.2 Å². The molecule has 1 aromatic carbocycles. The Balaban J connectivity index is 2.34. The van der Waals surface area contributed by atoms with Crippen molar-refractivity contribution in [3.05, 3.63) is 51.4 Å². The number of anilines is 1. The highest BCUT2D eigenvalue weighted by Gasteiger charge is 2.19. The number of fused-ring (bicyclic) bond motifs is 1. The van der Waals surface area contributed by atoms with Gasteiger partial charge in [0.05, 0.1) is 0 Å². The maximum absolute atomic E-state index is 13.3. The summed E-state index contributed by atoms with van der Waals surface area (Å²) < 4.78 is 3.61. The van der Waals surface area contributed by atoms with Crippen LogP contribution in [0.2, 0.25) is 0 Å². The lowest BCUT2D eigenvalue weighted by molar-refractivity contribution is 0.686. The van der Waals surface area contributed by atoms with Gasteiger partial charge in [0.2, 0.25) is 0 Å². The Bertz CT molecular complexity index is 1020. The molecular formula is C21H28N4O. The molecule has 5 heteroatoms. The lowest BCUT2D eigenvalue weighted by Crippen LogP contribution is -2.26. The van der Waals surface area contributed by atoms with Crippen molar-refractivity contribution in [2.24, 2.45) is 0 Å². The molecule has 0 radical (unpaired) electrons. The van der Waals surface area contributed by atoms with Crippen molar-refractivity contribution < 1.29 is 0 Å². The van der Waals surface area contributed by atoms with Crippen LogP contribution >= 0.6 is 0 Å². The number of nitrogens with zero attached hydrogens (tertiary/aromatic N) is 4.